The van der Waals surface area contributed by atoms with Crippen molar-refractivity contribution < 1.29 is 9.72 Å². The third kappa shape index (κ3) is 4.27. The molecule has 0 aliphatic carbocycles. The Morgan fingerprint density at radius 1 is 1.29 bits per heavy atom. The van der Waals surface area contributed by atoms with E-state index in [9.17, 15) is 14.9 Å². The Hall–Kier alpha value is -2.05. The molecule has 2 aromatic carbocycles. The highest BCUT2D eigenvalue weighted by atomic mass is 35.5. The van der Waals surface area contributed by atoms with E-state index in [1.165, 1.54) is 23.1 Å². The van der Waals surface area contributed by atoms with Gasteiger partial charge in [-0.05, 0) is 29.5 Å². The average molecular weight is 365 g/mol. The number of nitro benzene ring substituents is 1. The van der Waals surface area contributed by atoms with Gasteiger partial charge in [0.25, 0.3) is 11.6 Å². The number of amides is 1. The number of non-ortho nitro benzene ring substituents is 1. The van der Waals surface area contributed by atoms with Crippen molar-refractivity contribution in [1.82, 2.24) is 4.90 Å². The minimum atomic E-state index is -0.477. The van der Waals surface area contributed by atoms with Crippen LogP contribution in [-0.2, 0) is 6.54 Å². The van der Waals surface area contributed by atoms with E-state index in [1.807, 2.05) is 25.1 Å². The minimum Gasteiger partial charge on any atom is -0.337 e. The topological polar surface area (TPSA) is 63.5 Å². The van der Waals surface area contributed by atoms with Crippen LogP contribution in [0.15, 0.2) is 47.4 Å². The van der Waals surface area contributed by atoms with Gasteiger partial charge in [0, 0.05) is 35.6 Å². The van der Waals surface area contributed by atoms with Crippen LogP contribution in [0.5, 0.6) is 0 Å². The van der Waals surface area contributed by atoms with E-state index in [0.717, 1.165) is 10.6 Å². The average Bonchev–Trinajstić information content (AvgIpc) is 2.56. The van der Waals surface area contributed by atoms with E-state index < -0.39 is 4.92 Å². The fourth-order valence-electron chi connectivity index (χ4n) is 2.25. The molecule has 7 heteroatoms. The van der Waals surface area contributed by atoms with Crippen LogP contribution in [-0.4, -0.2) is 28.5 Å². The lowest BCUT2D eigenvalue weighted by Crippen LogP contribution is -2.26. The molecule has 0 saturated carbocycles. The van der Waals surface area contributed by atoms with Gasteiger partial charge in [0.15, 0.2) is 0 Å². The molecule has 126 valence electrons. The third-order valence-corrected chi connectivity index (χ3v) is 4.74. The van der Waals surface area contributed by atoms with Crippen LogP contribution in [0.2, 0.25) is 5.02 Å². The van der Waals surface area contributed by atoms with E-state index in [1.54, 1.807) is 24.9 Å². The van der Waals surface area contributed by atoms with Gasteiger partial charge in [-0.2, -0.15) is 0 Å². The van der Waals surface area contributed by atoms with Gasteiger partial charge >= 0.3 is 0 Å². The molecule has 1 amide bonds. The summed E-state index contributed by atoms with van der Waals surface area (Å²) in [4.78, 5) is 25.6. The molecule has 0 bridgehead atoms. The smallest absolute Gasteiger partial charge is 0.269 e. The molecule has 0 unspecified atom stereocenters. The van der Waals surface area contributed by atoms with Gasteiger partial charge in [-0.1, -0.05) is 30.7 Å². The summed E-state index contributed by atoms with van der Waals surface area (Å²) in [7, 11) is 1.66. The molecular formula is C17H17ClN2O3S. The lowest BCUT2D eigenvalue weighted by atomic mass is 10.1. The Balaban J connectivity index is 2.24. The summed E-state index contributed by atoms with van der Waals surface area (Å²) in [6, 6.07) is 11.6. The highest BCUT2D eigenvalue weighted by Crippen LogP contribution is 2.26. The van der Waals surface area contributed by atoms with Crippen LogP contribution in [0.4, 0.5) is 5.69 Å². The van der Waals surface area contributed by atoms with Crippen LogP contribution in [0, 0.1) is 10.1 Å². The number of thioether (sulfide) groups is 1. The molecule has 2 rings (SSSR count). The first-order valence-corrected chi connectivity index (χ1v) is 8.70. The van der Waals surface area contributed by atoms with E-state index in [2.05, 4.69) is 0 Å². The Morgan fingerprint density at radius 2 is 2.00 bits per heavy atom. The minimum absolute atomic E-state index is 0.0443. The van der Waals surface area contributed by atoms with Crippen molar-refractivity contribution in [2.24, 2.45) is 0 Å². The van der Waals surface area contributed by atoms with Crippen molar-refractivity contribution >= 4 is 35.0 Å². The molecule has 0 spiro atoms. The molecule has 0 fully saturated rings. The maximum atomic E-state index is 12.7. The van der Waals surface area contributed by atoms with Crippen molar-refractivity contribution in [3.8, 4) is 0 Å². The molecule has 0 aliphatic rings. The summed E-state index contributed by atoms with van der Waals surface area (Å²) >= 11 is 7.71. The summed E-state index contributed by atoms with van der Waals surface area (Å²) in [6.07, 6.45) is 0. The van der Waals surface area contributed by atoms with Crippen molar-refractivity contribution in [2.75, 3.05) is 12.8 Å². The number of hydrogen-bond donors (Lipinski definition) is 0. The van der Waals surface area contributed by atoms with Gasteiger partial charge in [-0.3, -0.25) is 14.9 Å². The third-order valence-electron chi connectivity index (χ3n) is 3.41. The molecule has 0 aromatic heterocycles. The molecule has 0 aliphatic heterocycles. The van der Waals surface area contributed by atoms with Crippen molar-refractivity contribution in [1.29, 1.82) is 0 Å². The predicted octanol–water partition coefficient (Wildman–Crippen LogP) is 4.63. The van der Waals surface area contributed by atoms with Crippen LogP contribution >= 0.6 is 23.4 Å². The Labute approximate surface area is 149 Å². The lowest BCUT2D eigenvalue weighted by Gasteiger charge is -2.19. The highest BCUT2D eigenvalue weighted by Gasteiger charge is 2.18. The van der Waals surface area contributed by atoms with Gasteiger partial charge in [0.05, 0.1) is 10.5 Å². The zero-order valence-corrected chi connectivity index (χ0v) is 14.9. The summed E-state index contributed by atoms with van der Waals surface area (Å²) < 4.78 is 0. The number of rotatable bonds is 6. The van der Waals surface area contributed by atoms with E-state index in [4.69, 9.17) is 11.6 Å². The lowest BCUT2D eigenvalue weighted by molar-refractivity contribution is -0.384. The first kappa shape index (κ1) is 18.3. The number of nitrogens with zero attached hydrogens (tertiary/aromatic N) is 2. The second-order valence-corrected chi connectivity index (χ2v) is 6.84. The summed E-state index contributed by atoms with van der Waals surface area (Å²) in [6.45, 7) is 2.23. The molecule has 0 heterocycles. The number of nitro groups is 1. The molecule has 2 aromatic rings. The molecule has 0 saturated heterocycles. The van der Waals surface area contributed by atoms with Crippen LogP contribution in [0.25, 0.3) is 0 Å². The van der Waals surface area contributed by atoms with Crippen molar-refractivity contribution in [3.63, 3.8) is 0 Å². The van der Waals surface area contributed by atoms with Crippen LogP contribution in [0.3, 0.4) is 0 Å². The van der Waals surface area contributed by atoms with Gasteiger partial charge in [-0.15, -0.1) is 11.8 Å². The number of carbonyl (C=O) groups excluding carboxylic acids is 1. The molecule has 0 atom stereocenters. The number of carbonyl (C=O) groups is 1. The normalized spacial score (nSPS) is 10.5. The fourth-order valence-corrected chi connectivity index (χ4v) is 3.23. The summed E-state index contributed by atoms with van der Waals surface area (Å²) in [5, 5.41) is 11.3. The number of hydrogen-bond acceptors (Lipinski definition) is 4. The highest BCUT2D eigenvalue weighted by molar-refractivity contribution is 7.99. The monoisotopic (exact) mass is 364 g/mol. The predicted molar refractivity (Wildman–Crippen MR) is 96.7 cm³/mol. The SMILES string of the molecule is CCSc1ccccc1C(=O)N(C)Cc1cc([N+](=O)[O-])ccc1Cl. The first-order chi connectivity index (χ1) is 11.4. The van der Waals surface area contributed by atoms with Gasteiger partial charge in [-0.25, -0.2) is 0 Å². The zero-order valence-electron chi connectivity index (χ0n) is 13.4. The maximum absolute atomic E-state index is 12.7. The fraction of sp³-hybridized carbons (Fsp3) is 0.235. The Bertz CT molecular complexity index is 767. The summed E-state index contributed by atoms with van der Waals surface area (Å²) in [5.74, 6) is 0.721. The Kier molecular flexibility index (Phi) is 6.23. The molecule has 0 radical (unpaired) electrons. The van der Waals surface area contributed by atoms with Crippen molar-refractivity contribution in [3.05, 3.63) is 68.7 Å². The number of halogens is 1. The van der Waals surface area contributed by atoms with Crippen LogP contribution in [0.1, 0.15) is 22.8 Å². The maximum Gasteiger partial charge on any atom is 0.269 e. The number of benzene rings is 2. The second kappa shape index (κ2) is 8.17. The van der Waals surface area contributed by atoms with Gasteiger partial charge < -0.3 is 4.90 Å². The van der Waals surface area contributed by atoms with E-state index in [-0.39, 0.29) is 18.1 Å². The van der Waals surface area contributed by atoms with Crippen LogP contribution < -0.4 is 0 Å². The molecular weight excluding hydrogens is 348 g/mol. The summed E-state index contributed by atoms with van der Waals surface area (Å²) in [5.41, 5.74) is 1.12. The zero-order chi connectivity index (χ0) is 17.7. The standard InChI is InChI=1S/C17H17ClN2O3S/c1-3-24-16-7-5-4-6-14(16)17(21)19(2)11-12-10-13(20(22)23)8-9-15(12)18/h4-10H,3,11H2,1-2H3. The second-order valence-electron chi connectivity index (χ2n) is 5.12. The first-order valence-electron chi connectivity index (χ1n) is 7.34. The largest absolute Gasteiger partial charge is 0.337 e. The molecule has 5 nitrogen and oxygen atoms in total. The molecule has 0 N–H and O–H groups in total. The van der Waals surface area contributed by atoms with Gasteiger partial charge in [0.2, 0.25) is 0 Å². The van der Waals surface area contributed by atoms with E-state index >= 15 is 0 Å². The molecule has 24 heavy (non-hydrogen) atoms. The van der Waals surface area contributed by atoms with Crippen molar-refractivity contribution in [2.45, 2.75) is 18.4 Å². The Morgan fingerprint density at radius 3 is 2.67 bits per heavy atom. The quantitative estimate of drug-likeness (QED) is 0.426. The van der Waals surface area contributed by atoms with Gasteiger partial charge in [0.1, 0.15) is 0 Å². The van der Waals surface area contributed by atoms with E-state index in [0.29, 0.717) is 16.1 Å².